The van der Waals surface area contributed by atoms with Gasteiger partial charge in [-0.1, -0.05) is 24.9 Å². The molecule has 2 N–H and O–H groups in total. The summed E-state index contributed by atoms with van der Waals surface area (Å²) in [5, 5.41) is 9.70. The molecular formula is C22H16F3N5OS. The fraction of sp³-hybridized carbons (Fsp3) is 0.0455. The van der Waals surface area contributed by atoms with Crippen LogP contribution < -0.4 is 9.62 Å². The lowest BCUT2D eigenvalue weighted by molar-refractivity contribution is -0.137. The molecule has 10 heteroatoms. The maximum absolute atomic E-state index is 12.7. The number of urea groups is 1. The van der Waals surface area contributed by atoms with Crippen molar-refractivity contribution >= 4 is 30.2 Å². The molecule has 0 bridgehead atoms. The first-order valence-corrected chi connectivity index (χ1v) is 9.75. The maximum Gasteiger partial charge on any atom is 0.416 e. The summed E-state index contributed by atoms with van der Waals surface area (Å²) in [7, 11) is 0. The van der Waals surface area contributed by atoms with E-state index in [1.807, 2.05) is 18.2 Å². The number of H-pyrrole nitrogens is 1. The van der Waals surface area contributed by atoms with Crippen molar-refractivity contribution in [3.8, 4) is 22.4 Å². The number of anilines is 2. The van der Waals surface area contributed by atoms with E-state index < -0.39 is 17.8 Å². The molecule has 6 nitrogen and oxygen atoms in total. The van der Waals surface area contributed by atoms with Crippen molar-refractivity contribution in [1.29, 1.82) is 0 Å². The number of hydrogen-bond donors (Lipinski definition) is 3. The normalized spacial score (nSPS) is 11.2. The first-order chi connectivity index (χ1) is 15.3. The van der Waals surface area contributed by atoms with Gasteiger partial charge in [-0.3, -0.25) is 10.1 Å². The molecule has 0 aliphatic rings. The van der Waals surface area contributed by atoms with E-state index >= 15 is 0 Å². The molecule has 0 saturated heterocycles. The minimum atomic E-state index is -4.44. The van der Waals surface area contributed by atoms with Crippen LogP contribution in [0.15, 0.2) is 79.3 Å². The largest absolute Gasteiger partial charge is 0.416 e. The number of halogens is 3. The summed E-state index contributed by atoms with van der Waals surface area (Å²) < 4.78 is 39.2. The third-order valence-corrected chi connectivity index (χ3v) is 5.06. The van der Waals surface area contributed by atoms with Gasteiger partial charge in [-0.2, -0.15) is 18.3 Å². The van der Waals surface area contributed by atoms with Gasteiger partial charge in [-0.15, -0.1) is 0 Å². The van der Waals surface area contributed by atoms with Gasteiger partial charge in [0.05, 0.1) is 16.9 Å². The zero-order valence-electron chi connectivity index (χ0n) is 16.3. The molecule has 2 heterocycles. The van der Waals surface area contributed by atoms with E-state index in [1.54, 1.807) is 36.8 Å². The second-order valence-corrected chi connectivity index (χ2v) is 7.15. The third kappa shape index (κ3) is 4.59. The average molecular weight is 455 g/mol. The van der Waals surface area contributed by atoms with Crippen LogP contribution in [-0.2, 0) is 6.18 Å². The van der Waals surface area contributed by atoms with E-state index in [-0.39, 0.29) is 5.69 Å². The number of nitrogens with zero attached hydrogens (tertiary/aromatic N) is 3. The first-order valence-electron chi connectivity index (χ1n) is 9.35. The highest BCUT2D eigenvalue weighted by Gasteiger charge is 2.30. The van der Waals surface area contributed by atoms with Crippen LogP contribution in [0.3, 0.4) is 0 Å². The Morgan fingerprint density at radius 3 is 2.41 bits per heavy atom. The van der Waals surface area contributed by atoms with Gasteiger partial charge in [0.2, 0.25) is 0 Å². The van der Waals surface area contributed by atoms with Crippen LogP contribution in [0.2, 0.25) is 0 Å². The Balaban J connectivity index is 1.54. The monoisotopic (exact) mass is 455 g/mol. The molecule has 162 valence electrons. The van der Waals surface area contributed by atoms with Gasteiger partial charge >= 0.3 is 12.2 Å². The first kappa shape index (κ1) is 21.4. The minimum absolute atomic E-state index is 0.213. The van der Waals surface area contributed by atoms with E-state index in [4.69, 9.17) is 0 Å². The second kappa shape index (κ2) is 8.75. The lowest BCUT2D eigenvalue weighted by atomic mass is 10.0. The molecule has 4 aromatic rings. The predicted molar refractivity (Wildman–Crippen MR) is 119 cm³/mol. The number of aromatic amines is 1. The number of carbonyl (C=O) groups excluding carboxylic acids is 1. The van der Waals surface area contributed by atoms with Gasteiger partial charge in [0.1, 0.15) is 0 Å². The van der Waals surface area contributed by atoms with Crippen LogP contribution >= 0.6 is 12.8 Å². The summed E-state index contributed by atoms with van der Waals surface area (Å²) in [6.45, 7) is 0. The Morgan fingerprint density at radius 1 is 1.00 bits per heavy atom. The van der Waals surface area contributed by atoms with Crippen molar-refractivity contribution in [2.24, 2.45) is 0 Å². The highest BCUT2D eigenvalue weighted by Crippen LogP contribution is 2.33. The molecule has 2 amide bonds. The standard InChI is InChI=1S/C22H16F3N5OS/c23-22(24,25)16-4-6-17(7-5-16)28-21(31)30(32)18-3-1-2-15(12-18)20-19(13-27-29-20)14-8-10-26-11-9-14/h1-13,32H,(H,27,29)(H,28,31). The number of rotatable bonds is 4. The van der Waals surface area contributed by atoms with E-state index in [9.17, 15) is 18.0 Å². The van der Waals surface area contributed by atoms with Crippen LogP contribution in [0, 0.1) is 0 Å². The molecular weight excluding hydrogens is 439 g/mol. The highest BCUT2D eigenvalue weighted by atomic mass is 32.1. The lowest BCUT2D eigenvalue weighted by Gasteiger charge is -2.17. The van der Waals surface area contributed by atoms with E-state index in [0.717, 1.165) is 33.1 Å². The number of alkyl halides is 3. The number of nitrogens with one attached hydrogen (secondary N) is 2. The minimum Gasteiger partial charge on any atom is -0.307 e. The Kier molecular flexibility index (Phi) is 5.87. The van der Waals surface area contributed by atoms with Gasteiger partial charge in [-0.25, -0.2) is 9.10 Å². The van der Waals surface area contributed by atoms with E-state index in [1.165, 1.54) is 12.1 Å². The summed E-state index contributed by atoms with van der Waals surface area (Å²) >= 11 is 4.26. The zero-order valence-corrected chi connectivity index (χ0v) is 17.2. The summed E-state index contributed by atoms with van der Waals surface area (Å²) in [6, 6.07) is 14.3. The van der Waals surface area contributed by atoms with Crippen molar-refractivity contribution in [2.75, 3.05) is 9.62 Å². The van der Waals surface area contributed by atoms with Crippen LogP contribution in [0.4, 0.5) is 29.3 Å². The third-order valence-electron chi connectivity index (χ3n) is 4.65. The Hall–Kier alpha value is -3.79. The summed E-state index contributed by atoms with van der Waals surface area (Å²) in [6.07, 6.45) is 0.695. The van der Waals surface area contributed by atoms with Gasteiger partial charge in [0, 0.05) is 35.4 Å². The number of aromatic nitrogens is 3. The van der Waals surface area contributed by atoms with Gasteiger partial charge in [0.15, 0.2) is 0 Å². The fourth-order valence-electron chi connectivity index (χ4n) is 3.08. The quantitative estimate of drug-likeness (QED) is 0.329. The molecule has 0 saturated carbocycles. The number of benzene rings is 2. The second-order valence-electron chi connectivity index (χ2n) is 6.75. The topological polar surface area (TPSA) is 73.9 Å². The molecule has 0 fully saturated rings. The fourth-order valence-corrected chi connectivity index (χ4v) is 3.26. The molecule has 0 aliphatic carbocycles. The lowest BCUT2D eigenvalue weighted by Crippen LogP contribution is -2.26. The maximum atomic E-state index is 12.7. The van der Waals surface area contributed by atoms with Crippen LogP contribution in [0.25, 0.3) is 22.4 Å². The number of pyridine rings is 1. The molecule has 0 radical (unpaired) electrons. The molecule has 0 aliphatic heterocycles. The number of hydrogen-bond acceptors (Lipinski definition) is 4. The number of thiol groups is 1. The predicted octanol–water partition coefficient (Wildman–Crippen LogP) is 6.04. The van der Waals surface area contributed by atoms with Crippen molar-refractivity contribution in [3.05, 3.63) is 84.8 Å². The van der Waals surface area contributed by atoms with E-state index in [0.29, 0.717) is 11.4 Å². The van der Waals surface area contributed by atoms with E-state index in [2.05, 4.69) is 33.3 Å². The molecule has 2 aromatic heterocycles. The van der Waals surface area contributed by atoms with Crippen molar-refractivity contribution in [3.63, 3.8) is 0 Å². The zero-order chi connectivity index (χ0) is 22.7. The Labute approximate surface area is 186 Å². The molecule has 4 rings (SSSR count). The molecule has 0 atom stereocenters. The summed E-state index contributed by atoms with van der Waals surface area (Å²) in [5.74, 6) is 0. The van der Waals surface area contributed by atoms with Crippen molar-refractivity contribution < 1.29 is 18.0 Å². The van der Waals surface area contributed by atoms with Crippen molar-refractivity contribution in [1.82, 2.24) is 15.2 Å². The smallest absolute Gasteiger partial charge is 0.307 e. The molecule has 32 heavy (non-hydrogen) atoms. The molecule has 0 spiro atoms. The van der Waals surface area contributed by atoms with Crippen LogP contribution in [0.1, 0.15) is 5.56 Å². The summed E-state index contributed by atoms with van der Waals surface area (Å²) in [5.41, 5.74) is 3.10. The number of amides is 2. The Morgan fingerprint density at radius 2 is 1.72 bits per heavy atom. The number of carbonyl (C=O) groups is 1. The van der Waals surface area contributed by atoms with Crippen LogP contribution in [0.5, 0.6) is 0 Å². The molecule has 0 unspecified atom stereocenters. The van der Waals surface area contributed by atoms with Gasteiger partial charge in [-0.05, 0) is 54.1 Å². The molecule has 2 aromatic carbocycles. The average Bonchev–Trinajstić information content (AvgIpc) is 3.29. The van der Waals surface area contributed by atoms with Crippen molar-refractivity contribution in [2.45, 2.75) is 6.18 Å². The Bertz CT molecular complexity index is 1230. The van der Waals surface area contributed by atoms with Gasteiger partial charge < -0.3 is 5.32 Å². The van der Waals surface area contributed by atoms with Gasteiger partial charge in [0.25, 0.3) is 0 Å². The van der Waals surface area contributed by atoms with Crippen LogP contribution in [-0.4, -0.2) is 21.2 Å². The SMILES string of the molecule is O=C(Nc1ccc(C(F)(F)F)cc1)N(S)c1cccc(-c2n[nH]cc2-c2ccncc2)c1. The highest BCUT2D eigenvalue weighted by molar-refractivity contribution is 7.82. The summed E-state index contributed by atoms with van der Waals surface area (Å²) in [4.78, 5) is 16.6.